The number of carbonyl (C=O) groups excluding carboxylic acids is 2. The molecule has 1 atom stereocenters. The SMILES string of the molecule is CSCCC(NC(=O)OCC1c2ccccc2-c2ccccc21)C(=O)N(CCCC(=O)O)C(C)C. The third-order valence-electron chi connectivity index (χ3n) is 6.24. The van der Waals surface area contributed by atoms with E-state index in [-0.39, 0.29) is 30.9 Å². The Morgan fingerprint density at radius 2 is 1.66 bits per heavy atom. The van der Waals surface area contributed by atoms with Gasteiger partial charge >= 0.3 is 12.1 Å². The second kappa shape index (κ2) is 12.6. The Morgan fingerprint density at radius 3 is 2.20 bits per heavy atom. The predicted molar refractivity (Wildman–Crippen MR) is 139 cm³/mol. The molecule has 7 nitrogen and oxygen atoms in total. The average Bonchev–Trinajstić information content (AvgIpc) is 3.16. The Bertz CT molecular complexity index is 996. The Balaban J connectivity index is 1.66. The van der Waals surface area contributed by atoms with Gasteiger partial charge in [0, 0.05) is 24.9 Å². The molecule has 0 saturated carbocycles. The molecule has 2 amide bonds. The largest absolute Gasteiger partial charge is 0.481 e. The first-order chi connectivity index (χ1) is 16.8. The number of ether oxygens (including phenoxy) is 1. The average molecular weight is 499 g/mol. The molecule has 1 unspecified atom stereocenters. The number of carboxylic acid groups (broad SMARTS) is 1. The van der Waals surface area contributed by atoms with Gasteiger partial charge in [-0.05, 0) is 61.0 Å². The lowest BCUT2D eigenvalue weighted by atomic mass is 9.98. The van der Waals surface area contributed by atoms with E-state index in [1.807, 2.05) is 44.4 Å². The summed E-state index contributed by atoms with van der Waals surface area (Å²) in [6.07, 6.45) is 2.14. The Kier molecular flexibility index (Phi) is 9.60. The molecule has 0 spiro atoms. The number of carboxylic acids is 1. The number of nitrogens with zero attached hydrogens (tertiary/aromatic N) is 1. The number of fused-ring (bicyclic) bond motifs is 3. The number of hydrogen-bond acceptors (Lipinski definition) is 5. The standard InChI is InChI=1S/C27H34N2O5S/c1-18(2)29(15-8-13-25(30)31)26(32)24(14-16-35-3)28-27(33)34-17-23-21-11-6-4-9-19(21)20-10-5-7-12-22(20)23/h4-7,9-12,18,23-24H,8,13-17H2,1-3H3,(H,28,33)(H,30,31). The summed E-state index contributed by atoms with van der Waals surface area (Å²) in [5.41, 5.74) is 4.56. The van der Waals surface area contributed by atoms with Crippen molar-refractivity contribution in [3.05, 3.63) is 59.7 Å². The van der Waals surface area contributed by atoms with Gasteiger partial charge in [-0.2, -0.15) is 11.8 Å². The molecule has 188 valence electrons. The second-order valence-electron chi connectivity index (χ2n) is 8.93. The van der Waals surface area contributed by atoms with Crippen LogP contribution in [0.2, 0.25) is 0 Å². The quantitative estimate of drug-likeness (QED) is 0.439. The van der Waals surface area contributed by atoms with Crippen molar-refractivity contribution in [3.63, 3.8) is 0 Å². The highest BCUT2D eigenvalue weighted by Crippen LogP contribution is 2.44. The maximum absolute atomic E-state index is 13.3. The smallest absolute Gasteiger partial charge is 0.407 e. The van der Waals surface area contributed by atoms with Crippen molar-refractivity contribution in [2.75, 3.05) is 25.2 Å². The fraction of sp³-hybridized carbons (Fsp3) is 0.444. The third-order valence-corrected chi connectivity index (χ3v) is 6.88. The zero-order chi connectivity index (χ0) is 25.4. The van der Waals surface area contributed by atoms with Gasteiger partial charge in [0.25, 0.3) is 0 Å². The van der Waals surface area contributed by atoms with Gasteiger partial charge in [-0.15, -0.1) is 0 Å². The maximum atomic E-state index is 13.3. The number of nitrogens with one attached hydrogen (secondary N) is 1. The van der Waals surface area contributed by atoms with Crippen LogP contribution in [-0.4, -0.2) is 65.2 Å². The van der Waals surface area contributed by atoms with Crippen molar-refractivity contribution >= 4 is 29.7 Å². The van der Waals surface area contributed by atoms with Crippen LogP contribution in [0, 0.1) is 0 Å². The minimum Gasteiger partial charge on any atom is -0.481 e. The number of thioether (sulfide) groups is 1. The van der Waals surface area contributed by atoms with E-state index in [9.17, 15) is 14.4 Å². The van der Waals surface area contributed by atoms with Gasteiger partial charge in [-0.25, -0.2) is 4.79 Å². The van der Waals surface area contributed by atoms with Crippen LogP contribution in [0.25, 0.3) is 11.1 Å². The summed E-state index contributed by atoms with van der Waals surface area (Å²) >= 11 is 1.59. The highest BCUT2D eigenvalue weighted by atomic mass is 32.2. The fourth-order valence-electron chi connectivity index (χ4n) is 4.50. The molecule has 0 aliphatic heterocycles. The van der Waals surface area contributed by atoms with Gasteiger partial charge in [0.2, 0.25) is 5.91 Å². The number of alkyl carbamates (subject to hydrolysis) is 1. The molecule has 3 rings (SSSR count). The minimum atomic E-state index is -0.892. The molecule has 1 aliphatic rings. The molecule has 2 aromatic rings. The molecule has 2 aromatic carbocycles. The molecule has 0 radical (unpaired) electrons. The molecular weight excluding hydrogens is 464 g/mol. The van der Waals surface area contributed by atoms with E-state index < -0.39 is 18.1 Å². The topological polar surface area (TPSA) is 95.9 Å². The molecule has 0 fully saturated rings. The Hall–Kier alpha value is -3.00. The number of benzene rings is 2. The van der Waals surface area contributed by atoms with Crippen molar-refractivity contribution in [2.45, 2.75) is 51.1 Å². The molecule has 2 N–H and O–H groups in total. The monoisotopic (exact) mass is 498 g/mol. The van der Waals surface area contributed by atoms with Crippen LogP contribution in [0.5, 0.6) is 0 Å². The number of aliphatic carboxylic acids is 1. The van der Waals surface area contributed by atoms with Gasteiger partial charge in [-0.1, -0.05) is 48.5 Å². The van der Waals surface area contributed by atoms with Crippen LogP contribution in [-0.2, 0) is 14.3 Å². The molecule has 0 heterocycles. The van der Waals surface area contributed by atoms with E-state index in [0.717, 1.165) is 22.3 Å². The van der Waals surface area contributed by atoms with Crippen molar-refractivity contribution in [3.8, 4) is 11.1 Å². The lowest BCUT2D eigenvalue weighted by Gasteiger charge is -2.31. The van der Waals surface area contributed by atoms with Crippen molar-refractivity contribution in [1.29, 1.82) is 0 Å². The lowest BCUT2D eigenvalue weighted by molar-refractivity contribution is -0.139. The van der Waals surface area contributed by atoms with E-state index in [1.165, 1.54) is 0 Å². The number of rotatable bonds is 12. The number of carbonyl (C=O) groups is 3. The predicted octanol–water partition coefficient (Wildman–Crippen LogP) is 4.75. The summed E-state index contributed by atoms with van der Waals surface area (Å²) in [4.78, 5) is 38.6. The summed E-state index contributed by atoms with van der Waals surface area (Å²) in [5, 5.41) is 11.7. The van der Waals surface area contributed by atoms with Crippen LogP contribution in [0.15, 0.2) is 48.5 Å². The van der Waals surface area contributed by atoms with Crippen molar-refractivity contribution in [2.24, 2.45) is 0 Å². The molecule has 0 saturated heterocycles. The lowest BCUT2D eigenvalue weighted by Crippen LogP contribution is -2.51. The third kappa shape index (κ3) is 6.78. The van der Waals surface area contributed by atoms with Gasteiger partial charge in [0.15, 0.2) is 0 Å². The summed E-state index contributed by atoms with van der Waals surface area (Å²) in [6.45, 7) is 4.27. The molecule has 1 aliphatic carbocycles. The molecule has 35 heavy (non-hydrogen) atoms. The van der Waals surface area contributed by atoms with Gasteiger partial charge in [-0.3, -0.25) is 9.59 Å². The highest BCUT2D eigenvalue weighted by molar-refractivity contribution is 7.98. The van der Waals surface area contributed by atoms with Crippen LogP contribution >= 0.6 is 11.8 Å². The molecule has 0 aromatic heterocycles. The van der Waals surface area contributed by atoms with Crippen LogP contribution in [0.1, 0.15) is 50.2 Å². The van der Waals surface area contributed by atoms with Crippen LogP contribution < -0.4 is 5.32 Å². The van der Waals surface area contributed by atoms with E-state index >= 15 is 0 Å². The van der Waals surface area contributed by atoms with Gasteiger partial charge in [0.05, 0.1) is 0 Å². The fourth-order valence-corrected chi connectivity index (χ4v) is 4.97. The molecular formula is C27H34N2O5S. The Labute approximate surface area is 211 Å². The number of amides is 2. The maximum Gasteiger partial charge on any atom is 0.407 e. The van der Waals surface area contributed by atoms with Gasteiger partial charge in [0.1, 0.15) is 12.6 Å². The van der Waals surface area contributed by atoms with Crippen LogP contribution in [0.3, 0.4) is 0 Å². The summed E-state index contributed by atoms with van der Waals surface area (Å²) in [5.74, 6) is -0.470. The van der Waals surface area contributed by atoms with E-state index in [4.69, 9.17) is 9.84 Å². The Morgan fingerprint density at radius 1 is 1.06 bits per heavy atom. The van der Waals surface area contributed by atoms with Crippen molar-refractivity contribution in [1.82, 2.24) is 10.2 Å². The zero-order valence-corrected chi connectivity index (χ0v) is 21.3. The first-order valence-electron chi connectivity index (χ1n) is 12.0. The first-order valence-corrected chi connectivity index (χ1v) is 13.4. The summed E-state index contributed by atoms with van der Waals surface area (Å²) in [7, 11) is 0. The van der Waals surface area contributed by atoms with Crippen molar-refractivity contribution < 1.29 is 24.2 Å². The first kappa shape index (κ1) is 26.6. The van der Waals surface area contributed by atoms with E-state index in [0.29, 0.717) is 25.1 Å². The van der Waals surface area contributed by atoms with Gasteiger partial charge < -0.3 is 20.1 Å². The molecule has 8 heteroatoms. The van der Waals surface area contributed by atoms with E-state index in [2.05, 4.69) is 29.6 Å². The van der Waals surface area contributed by atoms with E-state index in [1.54, 1.807) is 16.7 Å². The minimum absolute atomic E-state index is 0.00815. The molecule has 0 bridgehead atoms. The summed E-state index contributed by atoms with van der Waals surface area (Å²) < 4.78 is 5.65. The zero-order valence-electron chi connectivity index (χ0n) is 20.5. The normalized spacial score (nSPS) is 13.1. The number of hydrogen-bond donors (Lipinski definition) is 2. The second-order valence-corrected chi connectivity index (χ2v) is 9.91. The summed E-state index contributed by atoms with van der Waals surface area (Å²) in [6, 6.07) is 15.4. The van der Waals surface area contributed by atoms with Crippen LogP contribution in [0.4, 0.5) is 4.79 Å². The highest BCUT2D eigenvalue weighted by Gasteiger charge is 2.31.